The summed E-state index contributed by atoms with van der Waals surface area (Å²) in [6, 6.07) is 0. The van der Waals surface area contributed by atoms with Crippen LogP contribution in [0.3, 0.4) is 0 Å². The minimum Gasteiger partial charge on any atom is -0.368 e. The molecule has 0 aromatic carbocycles. The van der Waals surface area contributed by atoms with Crippen molar-refractivity contribution in [3.8, 4) is 0 Å². The molecule has 1 rings (SSSR count). The van der Waals surface area contributed by atoms with Crippen LogP contribution in [-0.2, 0) is 11.3 Å². The number of aromatic nitrogens is 2. The Morgan fingerprint density at radius 2 is 2.31 bits per heavy atom. The Kier molecular flexibility index (Phi) is 2.99. The van der Waals surface area contributed by atoms with Gasteiger partial charge >= 0.3 is 5.69 Å². The third kappa shape index (κ3) is 2.85. The average molecular weight is 186 g/mol. The van der Waals surface area contributed by atoms with Crippen molar-refractivity contribution in [1.82, 2.24) is 9.97 Å². The number of hydrogen-bond donors (Lipinski definition) is 3. The SMILES string of the molecule is CC(O)OCc1c[nH]c(=O)[nH]c1=O. The van der Waals surface area contributed by atoms with Crippen LogP contribution in [0.15, 0.2) is 15.8 Å². The number of nitrogens with one attached hydrogen (secondary N) is 2. The van der Waals surface area contributed by atoms with Crippen molar-refractivity contribution in [2.24, 2.45) is 0 Å². The summed E-state index contributed by atoms with van der Waals surface area (Å²) >= 11 is 0. The fourth-order valence-corrected chi connectivity index (χ4v) is 0.755. The van der Waals surface area contributed by atoms with E-state index in [1.54, 1.807) is 0 Å². The topological polar surface area (TPSA) is 95.2 Å². The van der Waals surface area contributed by atoms with Crippen LogP contribution in [0.5, 0.6) is 0 Å². The van der Waals surface area contributed by atoms with Crippen molar-refractivity contribution in [1.29, 1.82) is 0 Å². The molecular formula is C7H10N2O4. The molecule has 3 N–H and O–H groups in total. The first-order valence-corrected chi connectivity index (χ1v) is 3.70. The van der Waals surface area contributed by atoms with Crippen LogP contribution in [0, 0.1) is 0 Å². The normalized spacial score (nSPS) is 12.8. The maximum absolute atomic E-state index is 11.0. The second-order valence-electron chi connectivity index (χ2n) is 2.51. The largest absolute Gasteiger partial charge is 0.368 e. The molecule has 0 aliphatic heterocycles. The Labute approximate surface area is 73.2 Å². The predicted molar refractivity (Wildman–Crippen MR) is 44.2 cm³/mol. The van der Waals surface area contributed by atoms with Crippen molar-refractivity contribution in [3.63, 3.8) is 0 Å². The van der Waals surface area contributed by atoms with Gasteiger partial charge < -0.3 is 14.8 Å². The Morgan fingerprint density at radius 1 is 1.62 bits per heavy atom. The lowest BCUT2D eigenvalue weighted by Gasteiger charge is -2.04. The quantitative estimate of drug-likeness (QED) is 0.523. The smallest absolute Gasteiger partial charge is 0.325 e. The predicted octanol–water partition coefficient (Wildman–Crippen LogP) is -1.08. The van der Waals surface area contributed by atoms with Gasteiger partial charge in [-0.2, -0.15) is 0 Å². The van der Waals surface area contributed by atoms with E-state index in [1.165, 1.54) is 13.1 Å². The molecule has 1 heterocycles. The van der Waals surface area contributed by atoms with Crippen molar-refractivity contribution in [2.75, 3.05) is 0 Å². The standard InChI is InChI=1S/C7H10N2O4/c1-4(10)13-3-5-2-8-7(12)9-6(5)11/h2,4,10H,3H2,1H3,(H2,8,9,11,12). The second-order valence-corrected chi connectivity index (χ2v) is 2.51. The lowest BCUT2D eigenvalue weighted by molar-refractivity contribution is -0.0943. The van der Waals surface area contributed by atoms with E-state index in [-0.39, 0.29) is 12.2 Å². The number of aromatic amines is 2. The van der Waals surface area contributed by atoms with E-state index < -0.39 is 17.5 Å². The van der Waals surface area contributed by atoms with Crippen LogP contribution >= 0.6 is 0 Å². The minimum absolute atomic E-state index is 0.0379. The summed E-state index contributed by atoms with van der Waals surface area (Å²) in [5.74, 6) is 0. The molecule has 1 unspecified atom stereocenters. The summed E-state index contributed by atoms with van der Waals surface area (Å²) in [5, 5.41) is 8.75. The van der Waals surface area contributed by atoms with Gasteiger partial charge in [0.05, 0.1) is 12.2 Å². The van der Waals surface area contributed by atoms with E-state index in [0.29, 0.717) is 0 Å². The van der Waals surface area contributed by atoms with Gasteiger partial charge in [-0.3, -0.25) is 9.78 Å². The van der Waals surface area contributed by atoms with Crippen LogP contribution in [0.25, 0.3) is 0 Å². The highest BCUT2D eigenvalue weighted by Crippen LogP contribution is 1.92. The minimum atomic E-state index is -0.939. The number of hydrogen-bond acceptors (Lipinski definition) is 4. The number of rotatable bonds is 3. The van der Waals surface area contributed by atoms with Crippen molar-refractivity contribution in [3.05, 3.63) is 32.6 Å². The van der Waals surface area contributed by atoms with E-state index in [1.807, 2.05) is 4.98 Å². The molecule has 6 heteroatoms. The van der Waals surface area contributed by atoms with Crippen molar-refractivity contribution >= 4 is 0 Å². The Balaban J connectivity index is 2.79. The van der Waals surface area contributed by atoms with E-state index >= 15 is 0 Å². The summed E-state index contributed by atoms with van der Waals surface area (Å²) in [4.78, 5) is 25.9. The number of ether oxygens (including phenoxy) is 1. The molecule has 0 aliphatic rings. The van der Waals surface area contributed by atoms with E-state index in [9.17, 15) is 9.59 Å². The zero-order chi connectivity index (χ0) is 9.84. The molecule has 0 amide bonds. The molecule has 13 heavy (non-hydrogen) atoms. The Morgan fingerprint density at radius 3 is 2.85 bits per heavy atom. The molecule has 72 valence electrons. The third-order valence-corrected chi connectivity index (χ3v) is 1.38. The summed E-state index contributed by atoms with van der Waals surface area (Å²) < 4.78 is 4.76. The van der Waals surface area contributed by atoms with Crippen molar-refractivity contribution in [2.45, 2.75) is 19.8 Å². The highest BCUT2D eigenvalue weighted by atomic mass is 16.6. The molecule has 1 aromatic heterocycles. The maximum atomic E-state index is 11.0. The molecule has 6 nitrogen and oxygen atoms in total. The Bertz CT molecular complexity index is 379. The lowest BCUT2D eigenvalue weighted by Crippen LogP contribution is -2.25. The monoisotopic (exact) mass is 186 g/mol. The molecule has 0 saturated heterocycles. The first-order chi connectivity index (χ1) is 6.09. The summed E-state index contributed by atoms with van der Waals surface area (Å²) in [5.41, 5.74) is -0.810. The average Bonchev–Trinajstić information content (AvgIpc) is 2.02. The fourth-order valence-electron chi connectivity index (χ4n) is 0.755. The van der Waals surface area contributed by atoms with Gasteiger partial charge in [0, 0.05) is 6.20 Å². The van der Waals surface area contributed by atoms with Gasteiger partial charge in [0.1, 0.15) is 0 Å². The molecular weight excluding hydrogens is 176 g/mol. The van der Waals surface area contributed by atoms with Gasteiger partial charge in [-0.25, -0.2) is 4.79 Å². The van der Waals surface area contributed by atoms with Gasteiger partial charge in [0.15, 0.2) is 6.29 Å². The summed E-state index contributed by atoms with van der Waals surface area (Å²) in [6.07, 6.45) is 0.315. The highest BCUT2D eigenvalue weighted by molar-refractivity contribution is 5.00. The van der Waals surface area contributed by atoms with E-state index in [0.717, 1.165) is 0 Å². The van der Waals surface area contributed by atoms with E-state index in [4.69, 9.17) is 9.84 Å². The molecule has 0 spiro atoms. The summed E-state index contributed by atoms with van der Waals surface area (Å²) in [7, 11) is 0. The molecule has 1 atom stereocenters. The Hall–Kier alpha value is -1.40. The van der Waals surface area contributed by atoms with Crippen molar-refractivity contribution < 1.29 is 9.84 Å². The zero-order valence-electron chi connectivity index (χ0n) is 7.03. The van der Waals surface area contributed by atoms with Gasteiger partial charge in [0.25, 0.3) is 5.56 Å². The van der Waals surface area contributed by atoms with Gasteiger partial charge in [-0.15, -0.1) is 0 Å². The molecule has 0 fully saturated rings. The summed E-state index contributed by atoms with van der Waals surface area (Å²) in [6.45, 7) is 1.39. The zero-order valence-corrected chi connectivity index (χ0v) is 7.03. The van der Waals surface area contributed by atoms with Crippen LogP contribution < -0.4 is 11.2 Å². The second kappa shape index (κ2) is 4.01. The van der Waals surface area contributed by atoms with Crippen LogP contribution in [0.1, 0.15) is 12.5 Å². The fraction of sp³-hybridized carbons (Fsp3) is 0.429. The highest BCUT2D eigenvalue weighted by Gasteiger charge is 2.01. The van der Waals surface area contributed by atoms with Gasteiger partial charge in [0.2, 0.25) is 0 Å². The van der Waals surface area contributed by atoms with E-state index in [2.05, 4.69) is 4.98 Å². The van der Waals surface area contributed by atoms with Gasteiger partial charge in [-0.05, 0) is 6.92 Å². The maximum Gasteiger partial charge on any atom is 0.325 e. The molecule has 0 aliphatic carbocycles. The molecule has 0 saturated carbocycles. The molecule has 0 radical (unpaired) electrons. The number of aliphatic hydroxyl groups excluding tert-OH is 1. The third-order valence-electron chi connectivity index (χ3n) is 1.38. The van der Waals surface area contributed by atoms with Crippen LogP contribution in [0.2, 0.25) is 0 Å². The van der Waals surface area contributed by atoms with Crippen LogP contribution in [0.4, 0.5) is 0 Å². The number of aliphatic hydroxyl groups is 1. The molecule has 1 aromatic rings. The lowest BCUT2D eigenvalue weighted by atomic mass is 10.4. The molecule has 0 bridgehead atoms. The van der Waals surface area contributed by atoms with Gasteiger partial charge in [-0.1, -0.05) is 0 Å². The van der Waals surface area contributed by atoms with Crippen LogP contribution in [-0.4, -0.2) is 21.4 Å². The first kappa shape index (κ1) is 9.69. The first-order valence-electron chi connectivity index (χ1n) is 3.70. The number of H-pyrrole nitrogens is 2.